The summed E-state index contributed by atoms with van der Waals surface area (Å²) in [5.74, 6) is 0.298. The highest BCUT2D eigenvalue weighted by Gasteiger charge is 2.53. The van der Waals surface area contributed by atoms with Gasteiger partial charge in [-0.05, 0) is 47.9 Å². The number of ether oxygens (including phenoxy) is 4. The van der Waals surface area contributed by atoms with Crippen molar-refractivity contribution < 1.29 is 33.3 Å². The van der Waals surface area contributed by atoms with Crippen LogP contribution in [0.3, 0.4) is 0 Å². The molecule has 0 saturated carbocycles. The molecule has 7 heteroatoms. The predicted octanol–water partition coefficient (Wildman–Crippen LogP) is 5.26. The third-order valence-corrected chi connectivity index (χ3v) is 6.16. The Kier molecular flexibility index (Phi) is 4.44. The highest BCUT2D eigenvalue weighted by molar-refractivity contribution is 5.99. The lowest BCUT2D eigenvalue weighted by Crippen LogP contribution is -2.33. The molecule has 0 radical (unpaired) electrons. The van der Waals surface area contributed by atoms with Gasteiger partial charge in [0.25, 0.3) is 0 Å². The summed E-state index contributed by atoms with van der Waals surface area (Å²) in [6.45, 7) is 2.66. The molecule has 6 rings (SSSR count). The van der Waals surface area contributed by atoms with E-state index in [1.54, 1.807) is 48.5 Å². The molecule has 0 saturated heterocycles. The lowest BCUT2D eigenvalue weighted by molar-refractivity contribution is -0.132. The van der Waals surface area contributed by atoms with Gasteiger partial charge in [-0.1, -0.05) is 24.3 Å². The van der Waals surface area contributed by atoms with Crippen LogP contribution in [0.4, 0.5) is 0 Å². The largest absolute Gasteiger partial charge is 0.456 e. The van der Waals surface area contributed by atoms with Crippen molar-refractivity contribution in [3.05, 3.63) is 95.1 Å². The monoisotopic (exact) mass is 466 g/mol. The van der Waals surface area contributed by atoms with Crippen molar-refractivity contribution in [1.29, 1.82) is 0 Å². The maximum absolute atomic E-state index is 13.0. The number of benzene rings is 4. The Labute approximate surface area is 199 Å². The minimum Gasteiger partial charge on any atom is -0.456 e. The Morgan fingerprint density at radius 3 is 2.23 bits per heavy atom. The third-order valence-electron chi connectivity index (χ3n) is 6.16. The van der Waals surface area contributed by atoms with Crippen LogP contribution in [-0.4, -0.2) is 17.9 Å². The molecule has 4 aromatic rings. The van der Waals surface area contributed by atoms with Crippen LogP contribution >= 0.6 is 0 Å². The van der Waals surface area contributed by atoms with Crippen LogP contribution in [0.2, 0.25) is 0 Å². The lowest BCUT2D eigenvalue weighted by atomic mass is 9.77. The molecule has 0 aromatic heterocycles. The minimum atomic E-state index is -1.24. The van der Waals surface area contributed by atoms with Gasteiger partial charge in [-0.2, -0.15) is 0 Å². The van der Waals surface area contributed by atoms with E-state index in [2.05, 4.69) is 0 Å². The second-order valence-electron chi connectivity index (χ2n) is 8.39. The number of hydrogen-bond donors (Lipinski definition) is 0. The van der Waals surface area contributed by atoms with Crippen LogP contribution in [0.1, 0.15) is 40.9 Å². The molecular formula is C28H18O7. The topological polar surface area (TPSA) is 88.1 Å². The molecule has 1 atom stereocenters. The summed E-state index contributed by atoms with van der Waals surface area (Å²) in [6.07, 6.45) is 0. The summed E-state index contributed by atoms with van der Waals surface area (Å²) in [7, 11) is 0. The zero-order valence-electron chi connectivity index (χ0n) is 18.8. The van der Waals surface area contributed by atoms with E-state index in [0.29, 0.717) is 45.3 Å². The molecule has 0 bridgehead atoms. The third kappa shape index (κ3) is 3.09. The molecule has 2 aliphatic heterocycles. The van der Waals surface area contributed by atoms with E-state index in [4.69, 9.17) is 18.9 Å². The number of rotatable bonds is 2. The molecule has 1 unspecified atom stereocenters. The normalized spacial score (nSPS) is 17.1. The number of esters is 3. The van der Waals surface area contributed by atoms with Gasteiger partial charge >= 0.3 is 17.9 Å². The van der Waals surface area contributed by atoms with Gasteiger partial charge in [0, 0.05) is 42.0 Å². The van der Waals surface area contributed by atoms with E-state index in [-0.39, 0.29) is 0 Å². The zero-order valence-corrected chi connectivity index (χ0v) is 18.8. The molecule has 4 aromatic carbocycles. The fourth-order valence-electron chi connectivity index (χ4n) is 4.88. The van der Waals surface area contributed by atoms with Crippen LogP contribution in [0.25, 0.3) is 10.8 Å². The molecule has 172 valence electrons. The van der Waals surface area contributed by atoms with Crippen LogP contribution in [-0.2, 0) is 19.9 Å². The lowest BCUT2D eigenvalue weighted by Gasteiger charge is -2.37. The van der Waals surface area contributed by atoms with E-state index >= 15 is 0 Å². The number of hydrogen-bond acceptors (Lipinski definition) is 7. The summed E-state index contributed by atoms with van der Waals surface area (Å²) in [6, 6.07) is 21.2. The van der Waals surface area contributed by atoms with E-state index in [0.717, 1.165) is 10.8 Å². The Morgan fingerprint density at radius 1 is 0.771 bits per heavy atom. The smallest absolute Gasteiger partial charge is 0.340 e. The van der Waals surface area contributed by atoms with Gasteiger partial charge in [-0.3, -0.25) is 9.59 Å². The molecule has 0 N–H and O–H groups in total. The first-order chi connectivity index (χ1) is 16.9. The van der Waals surface area contributed by atoms with Gasteiger partial charge in [0.15, 0.2) is 5.60 Å². The van der Waals surface area contributed by atoms with Crippen molar-refractivity contribution in [3.8, 4) is 23.0 Å². The van der Waals surface area contributed by atoms with Crippen molar-refractivity contribution in [2.45, 2.75) is 19.4 Å². The second-order valence-corrected chi connectivity index (χ2v) is 8.39. The summed E-state index contributed by atoms with van der Waals surface area (Å²) in [5.41, 5.74) is 1.22. The highest BCUT2D eigenvalue weighted by Crippen LogP contribution is 2.58. The van der Waals surface area contributed by atoms with Crippen molar-refractivity contribution in [2.24, 2.45) is 0 Å². The number of carbonyl (C=O) groups is 3. The van der Waals surface area contributed by atoms with Gasteiger partial charge in [0.05, 0.1) is 5.56 Å². The molecule has 2 heterocycles. The zero-order chi connectivity index (χ0) is 24.3. The summed E-state index contributed by atoms with van der Waals surface area (Å²) >= 11 is 0. The maximum Gasteiger partial charge on any atom is 0.340 e. The molecule has 7 nitrogen and oxygen atoms in total. The second kappa shape index (κ2) is 7.43. The van der Waals surface area contributed by atoms with Crippen LogP contribution in [0, 0.1) is 0 Å². The summed E-state index contributed by atoms with van der Waals surface area (Å²) < 4.78 is 23.1. The summed E-state index contributed by atoms with van der Waals surface area (Å²) in [5, 5.41) is 1.51. The number of carbonyl (C=O) groups excluding carboxylic acids is 3. The van der Waals surface area contributed by atoms with Crippen LogP contribution < -0.4 is 14.2 Å². The Bertz CT molecular complexity index is 1590. The fourth-order valence-corrected chi connectivity index (χ4v) is 4.88. The molecule has 0 aliphatic carbocycles. The molecule has 1 spiro atoms. The Hall–Kier alpha value is -4.65. The van der Waals surface area contributed by atoms with Crippen molar-refractivity contribution >= 4 is 28.7 Å². The van der Waals surface area contributed by atoms with Gasteiger partial charge in [-0.15, -0.1) is 0 Å². The molecule has 35 heavy (non-hydrogen) atoms. The maximum atomic E-state index is 13.0. The van der Waals surface area contributed by atoms with E-state index in [1.165, 1.54) is 13.8 Å². The van der Waals surface area contributed by atoms with Crippen LogP contribution in [0.15, 0.2) is 72.8 Å². The molecule has 0 fully saturated rings. The predicted molar refractivity (Wildman–Crippen MR) is 125 cm³/mol. The van der Waals surface area contributed by atoms with Crippen molar-refractivity contribution in [2.75, 3.05) is 0 Å². The average Bonchev–Trinajstić information content (AvgIpc) is 3.11. The van der Waals surface area contributed by atoms with E-state index in [1.807, 2.05) is 24.3 Å². The van der Waals surface area contributed by atoms with Crippen LogP contribution in [0.5, 0.6) is 23.0 Å². The van der Waals surface area contributed by atoms with Crippen molar-refractivity contribution in [3.63, 3.8) is 0 Å². The van der Waals surface area contributed by atoms with Gasteiger partial charge < -0.3 is 18.9 Å². The standard InChI is InChI=1S/C28H18O7/c1-15(29)32-18-8-10-20-17(13-18)7-11-24-26(20)34-25-14-19(33-16(2)30)9-12-23(25)28(24)22-6-4-3-5-21(22)27(31)35-28/h3-14H,1-2H3. The van der Waals surface area contributed by atoms with Crippen molar-refractivity contribution in [1.82, 2.24) is 0 Å². The summed E-state index contributed by atoms with van der Waals surface area (Å²) in [4.78, 5) is 36.0. The first kappa shape index (κ1) is 20.9. The average molecular weight is 466 g/mol. The van der Waals surface area contributed by atoms with E-state index in [9.17, 15) is 14.4 Å². The quantitative estimate of drug-likeness (QED) is 0.294. The van der Waals surface area contributed by atoms with Gasteiger partial charge in [0.2, 0.25) is 0 Å². The molecule has 0 amide bonds. The van der Waals surface area contributed by atoms with Gasteiger partial charge in [-0.25, -0.2) is 4.79 Å². The number of fused-ring (bicyclic) bond motifs is 8. The highest BCUT2D eigenvalue weighted by atomic mass is 16.6. The molecular weight excluding hydrogens is 448 g/mol. The van der Waals surface area contributed by atoms with E-state index < -0.39 is 23.5 Å². The Morgan fingerprint density at radius 2 is 1.46 bits per heavy atom. The van der Waals surface area contributed by atoms with Gasteiger partial charge in [0.1, 0.15) is 23.0 Å². The first-order valence-electron chi connectivity index (χ1n) is 11.0. The first-order valence-corrected chi connectivity index (χ1v) is 11.0. The molecule has 2 aliphatic rings. The fraction of sp³-hybridized carbons (Fsp3) is 0.107. The Balaban J connectivity index is 1.64. The SMILES string of the molecule is CC(=O)Oc1ccc2c(c1)Oc1c(ccc3cc(OC(C)=O)ccc13)C21OC(=O)c2ccccc21. The minimum absolute atomic E-state index is 0.310.